The van der Waals surface area contributed by atoms with Gasteiger partial charge in [-0.05, 0) is 48.3 Å². The van der Waals surface area contributed by atoms with Crippen LogP contribution < -0.4 is 16.4 Å². The molecule has 0 aromatic carbocycles. The van der Waals surface area contributed by atoms with E-state index in [2.05, 4.69) is 31.4 Å². The fraction of sp³-hybridized carbons (Fsp3) is 0.500. The third-order valence-corrected chi connectivity index (χ3v) is 6.78. The molecule has 0 saturated carbocycles. The molecule has 8 heteroatoms. The first kappa shape index (κ1) is 22.1. The van der Waals surface area contributed by atoms with Gasteiger partial charge in [-0.1, -0.05) is 20.8 Å². The van der Waals surface area contributed by atoms with E-state index >= 15 is 0 Å². The van der Waals surface area contributed by atoms with E-state index in [1.807, 2.05) is 0 Å². The second kappa shape index (κ2) is 9.04. The summed E-state index contributed by atoms with van der Waals surface area (Å²) in [6.45, 7) is 6.96. The van der Waals surface area contributed by atoms with Crippen LogP contribution in [0.3, 0.4) is 0 Å². The zero-order valence-electron chi connectivity index (χ0n) is 17.7. The number of rotatable bonds is 7. The molecule has 3 rings (SSSR count). The maximum Gasteiger partial charge on any atom is 0.251 e. The molecule has 1 unspecified atom stereocenters. The highest BCUT2D eigenvalue weighted by Gasteiger charge is 2.33. The normalized spacial score (nSPS) is 16.0. The Bertz CT molecular complexity index is 925. The molecule has 0 aliphatic heterocycles. The van der Waals surface area contributed by atoms with E-state index in [-0.39, 0.29) is 36.6 Å². The van der Waals surface area contributed by atoms with Crippen molar-refractivity contribution in [3.05, 3.63) is 40.2 Å². The molecule has 0 fully saturated rings. The van der Waals surface area contributed by atoms with Gasteiger partial charge in [0, 0.05) is 17.7 Å². The van der Waals surface area contributed by atoms with E-state index in [4.69, 9.17) is 10.2 Å². The molecule has 0 spiro atoms. The Morgan fingerprint density at radius 2 is 1.97 bits per heavy atom. The van der Waals surface area contributed by atoms with Gasteiger partial charge in [0.25, 0.3) is 5.91 Å². The number of amides is 3. The molecule has 7 nitrogen and oxygen atoms in total. The van der Waals surface area contributed by atoms with E-state index in [9.17, 15) is 14.4 Å². The molecule has 2 aromatic rings. The average Bonchev–Trinajstić information content (AvgIpc) is 3.30. The second-order valence-corrected chi connectivity index (χ2v) is 9.89. The Kier molecular flexibility index (Phi) is 6.65. The van der Waals surface area contributed by atoms with Gasteiger partial charge in [-0.25, -0.2) is 0 Å². The summed E-state index contributed by atoms with van der Waals surface area (Å²) >= 11 is 1.44. The fourth-order valence-electron chi connectivity index (χ4n) is 3.78. The van der Waals surface area contributed by atoms with Gasteiger partial charge in [0.05, 0.1) is 18.4 Å². The van der Waals surface area contributed by atoms with Crippen molar-refractivity contribution in [3.63, 3.8) is 0 Å². The molecular formula is C22H29N3O4S. The Balaban J connectivity index is 1.60. The lowest BCUT2D eigenvalue weighted by molar-refractivity contribution is -0.124. The lowest BCUT2D eigenvalue weighted by Crippen LogP contribution is -2.27. The van der Waals surface area contributed by atoms with Crippen molar-refractivity contribution < 1.29 is 18.8 Å². The number of furan rings is 1. The predicted molar refractivity (Wildman–Crippen MR) is 116 cm³/mol. The molecule has 1 aliphatic rings. The van der Waals surface area contributed by atoms with Gasteiger partial charge >= 0.3 is 0 Å². The van der Waals surface area contributed by atoms with Crippen molar-refractivity contribution in [2.75, 3.05) is 5.32 Å². The number of nitrogens with two attached hydrogens (primary N) is 1. The number of nitrogens with one attached hydrogen (secondary N) is 2. The second-order valence-electron chi connectivity index (χ2n) is 8.78. The van der Waals surface area contributed by atoms with Crippen LogP contribution in [-0.4, -0.2) is 17.7 Å². The average molecular weight is 432 g/mol. The van der Waals surface area contributed by atoms with Gasteiger partial charge in [-0.3, -0.25) is 14.4 Å². The van der Waals surface area contributed by atoms with Crippen molar-refractivity contribution in [2.24, 2.45) is 17.1 Å². The standard InChI is InChI=1S/C22H29N3O4S/c1-22(2,3)13-6-7-15-16(11-13)30-21(19(15)20(23)28)25-18(27)9-8-17(26)24-12-14-5-4-10-29-14/h4-5,10,13H,6-9,11-12H2,1-3H3,(H2,23,28)(H,24,26)(H,25,27). The van der Waals surface area contributed by atoms with E-state index in [1.165, 1.54) is 17.6 Å². The van der Waals surface area contributed by atoms with Crippen LogP contribution in [0.15, 0.2) is 22.8 Å². The van der Waals surface area contributed by atoms with Crippen LogP contribution in [0.25, 0.3) is 0 Å². The Morgan fingerprint density at radius 1 is 1.23 bits per heavy atom. The summed E-state index contributed by atoms with van der Waals surface area (Å²) in [6.07, 6.45) is 4.28. The fourth-order valence-corrected chi connectivity index (χ4v) is 5.13. The van der Waals surface area contributed by atoms with Gasteiger partial charge in [0.1, 0.15) is 10.8 Å². The smallest absolute Gasteiger partial charge is 0.251 e. The van der Waals surface area contributed by atoms with Crippen molar-refractivity contribution in [1.29, 1.82) is 0 Å². The highest BCUT2D eigenvalue weighted by atomic mass is 32.1. The highest BCUT2D eigenvalue weighted by Crippen LogP contribution is 2.44. The van der Waals surface area contributed by atoms with Gasteiger partial charge in [-0.2, -0.15) is 0 Å². The van der Waals surface area contributed by atoms with Crippen molar-refractivity contribution >= 4 is 34.1 Å². The number of carbonyl (C=O) groups is 3. The van der Waals surface area contributed by atoms with Crippen LogP contribution in [0, 0.1) is 11.3 Å². The first-order valence-corrected chi connectivity index (χ1v) is 11.0. The van der Waals surface area contributed by atoms with Crippen LogP contribution >= 0.6 is 11.3 Å². The molecule has 0 bridgehead atoms. The highest BCUT2D eigenvalue weighted by molar-refractivity contribution is 7.17. The monoisotopic (exact) mass is 431 g/mol. The van der Waals surface area contributed by atoms with E-state index in [0.29, 0.717) is 22.2 Å². The number of carbonyl (C=O) groups excluding carboxylic acids is 3. The van der Waals surface area contributed by atoms with Gasteiger partial charge in [0.15, 0.2) is 0 Å². The predicted octanol–water partition coefficient (Wildman–Crippen LogP) is 3.63. The summed E-state index contributed by atoms with van der Waals surface area (Å²) in [6, 6.07) is 3.51. The number of hydrogen-bond donors (Lipinski definition) is 3. The van der Waals surface area contributed by atoms with Crippen LogP contribution in [0.2, 0.25) is 0 Å². The third kappa shape index (κ3) is 5.30. The van der Waals surface area contributed by atoms with Crippen LogP contribution in [0.1, 0.15) is 66.6 Å². The molecule has 4 N–H and O–H groups in total. The van der Waals surface area contributed by atoms with Crippen LogP contribution in [0.5, 0.6) is 0 Å². The Hall–Kier alpha value is -2.61. The quantitative estimate of drug-likeness (QED) is 0.621. The third-order valence-electron chi connectivity index (χ3n) is 5.61. The lowest BCUT2D eigenvalue weighted by Gasteiger charge is -2.33. The molecule has 1 aliphatic carbocycles. The first-order chi connectivity index (χ1) is 14.1. The molecular weight excluding hydrogens is 402 g/mol. The minimum Gasteiger partial charge on any atom is -0.467 e. The number of fused-ring (bicyclic) bond motifs is 1. The van der Waals surface area contributed by atoms with Gasteiger partial charge < -0.3 is 20.8 Å². The minimum absolute atomic E-state index is 0.0232. The molecule has 30 heavy (non-hydrogen) atoms. The van der Waals surface area contributed by atoms with Crippen LogP contribution in [0.4, 0.5) is 5.00 Å². The minimum atomic E-state index is -0.520. The largest absolute Gasteiger partial charge is 0.467 e. The maximum absolute atomic E-state index is 12.4. The van der Waals surface area contributed by atoms with Gasteiger partial charge in [0.2, 0.25) is 11.8 Å². The molecule has 0 saturated heterocycles. The summed E-state index contributed by atoms with van der Waals surface area (Å²) in [5.41, 5.74) is 7.21. The summed E-state index contributed by atoms with van der Waals surface area (Å²) in [4.78, 5) is 37.6. The van der Waals surface area contributed by atoms with E-state index < -0.39 is 5.91 Å². The zero-order chi connectivity index (χ0) is 21.9. The Labute approximate surface area is 180 Å². The number of anilines is 1. The maximum atomic E-state index is 12.4. The number of thiophene rings is 1. The molecule has 162 valence electrons. The molecule has 2 heterocycles. The molecule has 1 atom stereocenters. The molecule has 2 aromatic heterocycles. The number of hydrogen-bond acceptors (Lipinski definition) is 5. The summed E-state index contributed by atoms with van der Waals surface area (Å²) in [7, 11) is 0. The first-order valence-electron chi connectivity index (χ1n) is 10.2. The van der Waals surface area contributed by atoms with Crippen molar-refractivity contribution in [3.8, 4) is 0 Å². The topological polar surface area (TPSA) is 114 Å². The SMILES string of the molecule is CC(C)(C)C1CCc2c(sc(NC(=O)CCC(=O)NCc3ccco3)c2C(N)=O)C1. The summed E-state index contributed by atoms with van der Waals surface area (Å²) in [5.74, 6) is 0.0994. The molecule has 3 amide bonds. The van der Waals surface area contributed by atoms with Gasteiger partial charge in [-0.15, -0.1) is 11.3 Å². The van der Waals surface area contributed by atoms with Crippen molar-refractivity contribution in [1.82, 2.24) is 5.32 Å². The van der Waals surface area contributed by atoms with E-state index in [1.54, 1.807) is 12.1 Å². The Morgan fingerprint density at radius 3 is 2.60 bits per heavy atom. The molecule has 0 radical (unpaired) electrons. The summed E-state index contributed by atoms with van der Waals surface area (Å²) < 4.78 is 5.16. The van der Waals surface area contributed by atoms with E-state index in [0.717, 1.165) is 29.7 Å². The van der Waals surface area contributed by atoms with Crippen molar-refractivity contribution in [2.45, 2.75) is 59.4 Å². The summed E-state index contributed by atoms with van der Waals surface area (Å²) in [5, 5.41) is 6.02. The lowest BCUT2D eigenvalue weighted by atomic mass is 9.72. The number of primary amides is 1. The zero-order valence-corrected chi connectivity index (χ0v) is 18.5. The van der Waals surface area contributed by atoms with Crippen LogP contribution in [-0.2, 0) is 29.0 Å².